The fourth-order valence-electron chi connectivity index (χ4n) is 5.69. The molecule has 0 aromatic heterocycles. The van der Waals surface area contributed by atoms with Crippen LogP contribution in [0.3, 0.4) is 0 Å². The second-order valence-corrected chi connectivity index (χ2v) is 16.7. The summed E-state index contributed by atoms with van der Waals surface area (Å²) in [5, 5.41) is 13.8. The van der Waals surface area contributed by atoms with Crippen LogP contribution in [0.25, 0.3) is 0 Å². The van der Waals surface area contributed by atoms with E-state index in [0.717, 1.165) is 11.6 Å². The summed E-state index contributed by atoms with van der Waals surface area (Å²) in [6, 6.07) is 8.85. The zero-order valence-corrected chi connectivity index (χ0v) is 40.1. The largest absolute Gasteiger partial charge is 1.00 e. The Bertz CT molecular complexity index is 1950. The smallest absolute Gasteiger partial charge is 0.748 e. The summed E-state index contributed by atoms with van der Waals surface area (Å²) in [7, 11) is -13.7. The van der Waals surface area contributed by atoms with Gasteiger partial charge in [0.15, 0.2) is 12.3 Å². The number of benzene rings is 2. The van der Waals surface area contributed by atoms with E-state index in [4.69, 9.17) is 0 Å². The molecule has 0 fully saturated rings. The first-order valence-electron chi connectivity index (χ1n) is 13.2. The van der Waals surface area contributed by atoms with Gasteiger partial charge in [-0.05, 0) is 55.8 Å². The van der Waals surface area contributed by atoms with E-state index in [2.05, 4.69) is 9.37 Å². The molecule has 0 amide bonds. The third-order valence-electron chi connectivity index (χ3n) is 7.82. The van der Waals surface area contributed by atoms with Crippen LogP contribution in [0.4, 0.5) is 11.4 Å². The first-order chi connectivity index (χ1) is 20.7. The van der Waals surface area contributed by atoms with Crippen molar-refractivity contribution in [1.29, 1.82) is 0 Å². The molecule has 0 unspecified atom stereocenters. The zero-order valence-electron chi connectivity index (χ0n) is 27.5. The summed E-state index contributed by atoms with van der Waals surface area (Å²) in [6.07, 6.45) is 5.03. The first kappa shape index (κ1) is 48.3. The van der Waals surface area contributed by atoms with Gasteiger partial charge in [-0.15, -0.1) is 0 Å². The molecule has 2 heterocycles. The second-order valence-electron chi connectivity index (χ2n) is 11.4. The summed E-state index contributed by atoms with van der Waals surface area (Å²) in [4.78, 5) is 1.66. The quantitative estimate of drug-likeness (QED) is 0.0526. The molecule has 2 aromatic carbocycles. The van der Waals surface area contributed by atoms with Crippen molar-refractivity contribution in [1.82, 2.24) is 0 Å². The fraction of sp³-hybridized carbons (Fsp3) is 0.370. The molecule has 2 aromatic rings. The van der Waals surface area contributed by atoms with Crippen LogP contribution in [0.15, 0.2) is 70.1 Å². The SMILES string of the molecule is CC1(C)C(/C=C/C=C2/N(CCS(=O)(=O)[O-])c3ccc(S(=O)(=O)[O-])cc3C2(C)C)=[N+](CCS(=O)(=O)O)c2ccc(SOO[O-])cc21.[K+].[K+].[K+]. The molecule has 14 nitrogen and oxygen atoms in total. The summed E-state index contributed by atoms with van der Waals surface area (Å²) >= 11 is 0.691. The minimum absolute atomic E-state index is 0. The van der Waals surface area contributed by atoms with Crippen LogP contribution >= 0.6 is 12.0 Å². The molecular weight excluding hydrogens is 790 g/mol. The fourth-order valence-corrected chi connectivity index (χ4v) is 7.40. The first-order valence-corrected chi connectivity index (χ1v) is 18.6. The predicted octanol–water partition coefficient (Wildman–Crippen LogP) is -7.12. The molecule has 1 N–H and O–H groups in total. The monoisotopic (exact) mass is 819 g/mol. The number of hydrogen-bond acceptors (Lipinski definition) is 13. The van der Waals surface area contributed by atoms with Crippen molar-refractivity contribution in [3.05, 3.63) is 71.5 Å². The van der Waals surface area contributed by atoms with Gasteiger partial charge in [0.1, 0.15) is 15.9 Å². The van der Waals surface area contributed by atoms with E-state index in [0.29, 0.717) is 45.3 Å². The molecule has 0 radical (unpaired) electrons. The summed E-state index contributed by atoms with van der Waals surface area (Å²) < 4.78 is 109. The molecule has 0 aliphatic carbocycles. The van der Waals surface area contributed by atoms with E-state index in [9.17, 15) is 44.2 Å². The molecule has 2 aliphatic rings. The van der Waals surface area contributed by atoms with Gasteiger partial charge in [-0.3, -0.25) is 9.59 Å². The average Bonchev–Trinajstić information content (AvgIpc) is 3.26. The second kappa shape index (κ2) is 18.7. The topological polar surface area (TPSA) is 217 Å². The van der Waals surface area contributed by atoms with Gasteiger partial charge in [-0.25, -0.2) is 16.8 Å². The summed E-state index contributed by atoms with van der Waals surface area (Å²) in [5.41, 5.74) is 1.73. The van der Waals surface area contributed by atoms with Crippen LogP contribution in [-0.4, -0.2) is 73.8 Å². The van der Waals surface area contributed by atoms with Crippen LogP contribution in [0, 0.1) is 0 Å². The predicted molar refractivity (Wildman–Crippen MR) is 160 cm³/mol. The number of rotatable bonds is 12. The van der Waals surface area contributed by atoms with E-state index < -0.39 is 57.6 Å². The maximum absolute atomic E-state index is 11.8. The molecule has 4 rings (SSSR count). The Hall–Kier alpha value is 2.26. The van der Waals surface area contributed by atoms with Crippen LogP contribution < -0.4 is 164 Å². The molecule has 0 spiro atoms. The van der Waals surface area contributed by atoms with Crippen LogP contribution in [-0.2, 0) is 50.6 Å². The molecule has 0 saturated carbocycles. The van der Waals surface area contributed by atoms with Crippen molar-refractivity contribution in [2.75, 3.05) is 29.5 Å². The molecular formula is C27H30K3N2O12S4+. The molecule has 0 saturated heterocycles. The Balaban J connectivity index is 0.00000384. The molecule has 0 atom stereocenters. The molecule has 48 heavy (non-hydrogen) atoms. The Labute approximate surface area is 412 Å². The average molecular weight is 820 g/mol. The number of anilines is 1. The van der Waals surface area contributed by atoms with Crippen molar-refractivity contribution in [2.45, 2.75) is 48.3 Å². The molecule has 246 valence electrons. The Morgan fingerprint density at radius 3 is 2.12 bits per heavy atom. The van der Waals surface area contributed by atoms with Crippen molar-refractivity contribution in [2.24, 2.45) is 0 Å². The molecule has 21 heteroatoms. The maximum atomic E-state index is 11.8. The minimum Gasteiger partial charge on any atom is -0.748 e. The van der Waals surface area contributed by atoms with Crippen molar-refractivity contribution < 1.29 is 212 Å². The molecule has 0 bridgehead atoms. The Morgan fingerprint density at radius 1 is 0.917 bits per heavy atom. The van der Waals surface area contributed by atoms with Gasteiger partial charge < -0.3 is 19.3 Å². The Morgan fingerprint density at radius 2 is 1.56 bits per heavy atom. The normalized spacial score (nSPS) is 17.5. The van der Waals surface area contributed by atoms with Gasteiger partial charge in [0.25, 0.3) is 10.1 Å². The third-order valence-corrected chi connectivity index (χ3v) is 10.6. The number of fused-ring (bicyclic) bond motifs is 2. The zero-order chi connectivity index (χ0) is 33.6. The van der Waals surface area contributed by atoms with E-state index in [1.54, 1.807) is 59.8 Å². The van der Waals surface area contributed by atoms with Crippen molar-refractivity contribution in [3.8, 4) is 0 Å². The van der Waals surface area contributed by atoms with Crippen LogP contribution in [0.2, 0.25) is 0 Å². The van der Waals surface area contributed by atoms with E-state index >= 15 is 0 Å². The van der Waals surface area contributed by atoms with E-state index in [1.165, 1.54) is 12.1 Å². The standard InChI is InChI=1S/C27H32N2O12S4.3K/c1-26(2)20-16-18(42-41-40-30)8-10-22(20)28(12-14-43(31,32)33)24(26)6-5-7-25-27(3,4)21-17-19(45(37,38)39)9-11-23(21)29(25)13-15-44(34,35)36;;;/h5-11,16-17H,12-15H2,1-4H3,(H3-,30,31,32,33,34,35,36,37,38,39);;;/q;3*+1/p-2. The third kappa shape index (κ3) is 11.6. The minimum atomic E-state index is -4.79. The van der Waals surface area contributed by atoms with Gasteiger partial charge in [0.05, 0.1) is 38.2 Å². The number of hydrogen-bond donors (Lipinski definition) is 1. The van der Waals surface area contributed by atoms with Crippen LogP contribution in [0.1, 0.15) is 38.8 Å². The van der Waals surface area contributed by atoms with Gasteiger partial charge in [0.2, 0.25) is 5.69 Å². The number of nitrogens with zero attached hydrogens (tertiary/aromatic N) is 2. The summed E-state index contributed by atoms with van der Waals surface area (Å²) in [6.45, 7) is 6.94. The van der Waals surface area contributed by atoms with Gasteiger partial charge in [0, 0.05) is 45.9 Å². The van der Waals surface area contributed by atoms with Gasteiger partial charge >= 0.3 is 154 Å². The molecule has 2 aliphatic heterocycles. The van der Waals surface area contributed by atoms with E-state index in [-0.39, 0.29) is 167 Å². The van der Waals surface area contributed by atoms with Gasteiger partial charge in [-0.1, -0.05) is 19.9 Å². The van der Waals surface area contributed by atoms with E-state index in [1.807, 2.05) is 13.8 Å². The number of allylic oxidation sites excluding steroid dienone is 4. The van der Waals surface area contributed by atoms with Crippen molar-refractivity contribution in [3.63, 3.8) is 0 Å². The van der Waals surface area contributed by atoms with Crippen molar-refractivity contribution >= 4 is 59.5 Å². The summed E-state index contributed by atoms with van der Waals surface area (Å²) in [5.74, 6) is -1.31. The van der Waals surface area contributed by atoms with Crippen LogP contribution in [0.5, 0.6) is 0 Å². The maximum Gasteiger partial charge on any atom is 1.00 e. The Kier molecular flexibility index (Phi) is 18.8. The van der Waals surface area contributed by atoms with Gasteiger partial charge in [-0.2, -0.15) is 17.3 Å².